The van der Waals surface area contributed by atoms with Gasteiger partial charge in [0.15, 0.2) is 6.61 Å². The average Bonchev–Trinajstić information content (AvgIpc) is 3.20. The molecule has 30 heavy (non-hydrogen) atoms. The van der Waals surface area contributed by atoms with E-state index in [1.54, 1.807) is 35.6 Å². The minimum Gasteiger partial charge on any atom is -0.484 e. The molecule has 0 spiro atoms. The first-order valence-electron chi connectivity index (χ1n) is 10.6. The highest BCUT2D eigenvalue weighted by atomic mass is 32.1. The molecule has 6 nitrogen and oxygen atoms in total. The lowest BCUT2D eigenvalue weighted by atomic mass is 9.97. The van der Waals surface area contributed by atoms with E-state index in [2.05, 4.69) is 38.0 Å². The van der Waals surface area contributed by atoms with E-state index in [1.165, 1.54) is 0 Å². The summed E-state index contributed by atoms with van der Waals surface area (Å²) >= 11 is 1.62. The zero-order valence-electron chi connectivity index (χ0n) is 18.2. The molecule has 1 aromatic carbocycles. The molecule has 0 bridgehead atoms. The van der Waals surface area contributed by atoms with E-state index in [1.807, 2.05) is 10.3 Å². The number of carbonyl (C=O) groups excluding carboxylic acids is 2. The minimum absolute atomic E-state index is 0.0144. The lowest BCUT2D eigenvalue weighted by Crippen LogP contribution is -2.49. The van der Waals surface area contributed by atoms with Gasteiger partial charge < -0.3 is 15.0 Å². The van der Waals surface area contributed by atoms with Crippen LogP contribution in [0.3, 0.4) is 0 Å². The van der Waals surface area contributed by atoms with Crippen LogP contribution in [0.25, 0.3) is 0 Å². The highest BCUT2D eigenvalue weighted by Crippen LogP contribution is 2.23. The van der Waals surface area contributed by atoms with Crippen LogP contribution in [-0.4, -0.2) is 40.4 Å². The Labute approximate surface area is 182 Å². The van der Waals surface area contributed by atoms with Crippen LogP contribution in [0.2, 0.25) is 0 Å². The summed E-state index contributed by atoms with van der Waals surface area (Å²) in [6.07, 6.45) is 3.25. The second-order valence-corrected chi connectivity index (χ2v) is 9.15. The summed E-state index contributed by atoms with van der Waals surface area (Å²) < 4.78 is 5.68. The fourth-order valence-corrected chi connectivity index (χ4v) is 4.61. The molecule has 3 rings (SSSR count). The summed E-state index contributed by atoms with van der Waals surface area (Å²) in [5.74, 6) is 0.826. The van der Waals surface area contributed by atoms with Gasteiger partial charge in [-0.15, -0.1) is 11.3 Å². The molecule has 1 saturated heterocycles. The number of nitrogens with one attached hydrogen (secondary N) is 1. The normalized spacial score (nSPS) is 19.0. The van der Waals surface area contributed by atoms with Crippen molar-refractivity contribution in [2.45, 2.75) is 71.5 Å². The number of likely N-dealkylation sites (tertiary alicyclic amines) is 1. The van der Waals surface area contributed by atoms with Gasteiger partial charge in [-0.05, 0) is 57.4 Å². The van der Waals surface area contributed by atoms with Gasteiger partial charge >= 0.3 is 0 Å². The summed E-state index contributed by atoms with van der Waals surface area (Å²) in [6.45, 7) is 8.81. The number of thiazole rings is 1. The fourth-order valence-electron chi connectivity index (χ4n) is 3.78. The van der Waals surface area contributed by atoms with Gasteiger partial charge in [-0.3, -0.25) is 9.59 Å². The predicted molar refractivity (Wildman–Crippen MR) is 119 cm³/mol. The van der Waals surface area contributed by atoms with Crippen LogP contribution < -0.4 is 10.1 Å². The van der Waals surface area contributed by atoms with Crippen molar-refractivity contribution in [3.8, 4) is 5.75 Å². The number of aromatic nitrogens is 1. The largest absolute Gasteiger partial charge is 0.484 e. The third-order valence-electron chi connectivity index (χ3n) is 5.45. The standard InChI is InChI=1S/C23H31N3O3S/c1-15(2)23-25-19(14-30-23)12-24-22(28)18-8-10-20(11-9-18)29-13-21(27)26-16(3)6-5-7-17(26)4/h8-11,14-17H,5-7,12-13H2,1-4H3,(H,24,28). The Balaban J connectivity index is 1.49. The van der Waals surface area contributed by atoms with Gasteiger partial charge in [-0.2, -0.15) is 0 Å². The molecule has 0 saturated carbocycles. The lowest BCUT2D eigenvalue weighted by molar-refractivity contribution is -0.139. The van der Waals surface area contributed by atoms with Crippen molar-refractivity contribution in [1.29, 1.82) is 0 Å². The first-order chi connectivity index (χ1) is 14.3. The van der Waals surface area contributed by atoms with Crippen LogP contribution in [-0.2, 0) is 11.3 Å². The summed E-state index contributed by atoms with van der Waals surface area (Å²) in [5, 5.41) is 5.95. The predicted octanol–water partition coefficient (Wildman–Crippen LogP) is 4.36. The molecule has 0 radical (unpaired) electrons. The molecule has 2 heterocycles. The van der Waals surface area contributed by atoms with Crippen molar-refractivity contribution >= 4 is 23.2 Å². The maximum Gasteiger partial charge on any atom is 0.260 e. The van der Waals surface area contributed by atoms with Gasteiger partial charge in [0, 0.05) is 28.9 Å². The highest BCUT2D eigenvalue weighted by Gasteiger charge is 2.28. The Morgan fingerprint density at radius 3 is 2.47 bits per heavy atom. The number of benzene rings is 1. The number of rotatable bonds is 7. The maximum atomic E-state index is 12.6. The van der Waals surface area contributed by atoms with E-state index in [0.29, 0.717) is 23.8 Å². The average molecular weight is 430 g/mol. The molecule has 2 aromatic rings. The Hall–Kier alpha value is -2.41. The molecule has 1 fully saturated rings. The number of carbonyl (C=O) groups is 2. The molecule has 7 heteroatoms. The van der Waals surface area contributed by atoms with Gasteiger partial charge in [0.05, 0.1) is 17.2 Å². The monoisotopic (exact) mass is 429 g/mol. The van der Waals surface area contributed by atoms with Crippen molar-refractivity contribution in [2.24, 2.45) is 0 Å². The Bertz CT molecular complexity index is 853. The van der Waals surface area contributed by atoms with Gasteiger partial charge in [-0.25, -0.2) is 4.98 Å². The summed E-state index contributed by atoms with van der Waals surface area (Å²) in [6, 6.07) is 7.38. The number of amides is 2. The molecule has 1 aromatic heterocycles. The van der Waals surface area contributed by atoms with E-state index >= 15 is 0 Å². The molecule has 2 amide bonds. The Morgan fingerprint density at radius 1 is 1.20 bits per heavy atom. The van der Waals surface area contributed by atoms with Crippen molar-refractivity contribution in [1.82, 2.24) is 15.2 Å². The zero-order chi connectivity index (χ0) is 21.7. The third kappa shape index (κ3) is 5.59. The smallest absolute Gasteiger partial charge is 0.260 e. The molecule has 1 aliphatic rings. The van der Waals surface area contributed by atoms with Gasteiger partial charge in [0.2, 0.25) is 0 Å². The fraction of sp³-hybridized carbons (Fsp3) is 0.522. The molecule has 2 atom stereocenters. The number of ether oxygens (including phenoxy) is 1. The highest BCUT2D eigenvalue weighted by molar-refractivity contribution is 7.09. The third-order valence-corrected chi connectivity index (χ3v) is 6.65. The summed E-state index contributed by atoms with van der Waals surface area (Å²) in [4.78, 5) is 31.4. The first-order valence-corrected chi connectivity index (χ1v) is 11.5. The van der Waals surface area contributed by atoms with Crippen molar-refractivity contribution < 1.29 is 14.3 Å². The molecular formula is C23H31N3O3S. The van der Waals surface area contributed by atoms with Crippen LogP contribution in [0.15, 0.2) is 29.6 Å². The van der Waals surface area contributed by atoms with Crippen LogP contribution in [0.4, 0.5) is 0 Å². The van der Waals surface area contributed by atoms with Crippen LogP contribution in [0, 0.1) is 0 Å². The zero-order valence-corrected chi connectivity index (χ0v) is 19.0. The second-order valence-electron chi connectivity index (χ2n) is 8.26. The summed E-state index contributed by atoms with van der Waals surface area (Å²) in [5.41, 5.74) is 1.42. The lowest BCUT2D eigenvalue weighted by Gasteiger charge is -2.38. The molecule has 162 valence electrons. The van der Waals surface area contributed by atoms with E-state index in [-0.39, 0.29) is 30.5 Å². The van der Waals surface area contributed by atoms with Gasteiger partial charge in [0.25, 0.3) is 11.8 Å². The molecule has 1 N–H and O–H groups in total. The van der Waals surface area contributed by atoms with E-state index < -0.39 is 0 Å². The van der Waals surface area contributed by atoms with Crippen molar-refractivity contribution in [3.63, 3.8) is 0 Å². The van der Waals surface area contributed by atoms with Crippen LogP contribution in [0.1, 0.15) is 73.9 Å². The minimum atomic E-state index is -0.160. The quantitative estimate of drug-likeness (QED) is 0.710. The summed E-state index contributed by atoms with van der Waals surface area (Å²) in [7, 11) is 0. The first kappa shape index (κ1) is 22.3. The topological polar surface area (TPSA) is 71.5 Å². The second kappa shape index (κ2) is 10.1. The van der Waals surface area contributed by atoms with E-state index in [9.17, 15) is 9.59 Å². The SMILES string of the molecule is CC(C)c1nc(CNC(=O)c2ccc(OCC(=O)N3C(C)CCCC3C)cc2)cs1. The number of hydrogen-bond acceptors (Lipinski definition) is 5. The Morgan fingerprint density at radius 2 is 1.87 bits per heavy atom. The number of nitrogens with zero attached hydrogens (tertiary/aromatic N) is 2. The molecular weight excluding hydrogens is 398 g/mol. The number of hydrogen-bond donors (Lipinski definition) is 1. The van der Waals surface area contributed by atoms with Crippen molar-refractivity contribution in [2.75, 3.05) is 6.61 Å². The van der Waals surface area contributed by atoms with Gasteiger partial charge in [-0.1, -0.05) is 13.8 Å². The van der Waals surface area contributed by atoms with Crippen LogP contribution in [0.5, 0.6) is 5.75 Å². The molecule has 1 aliphatic heterocycles. The van der Waals surface area contributed by atoms with E-state index in [0.717, 1.165) is 30.0 Å². The molecule has 0 aliphatic carbocycles. The Kier molecular flexibility index (Phi) is 7.48. The number of piperidine rings is 1. The molecule has 2 unspecified atom stereocenters. The van der Waals surface area contributed by atoms with E-state index in [4.69, 9.17) is 4.74 Å². The van der Waals surface area contributed by atoms with Crippen LogP contribution >= 0.6 is 11.3 Å². The van der Waals surface area contributed by atoms with Crippen molar-refractivity contribution in [3.05, 3.63) is 45.9 Å². The maximum absolute atomic E-state index is 12.6. The van der Waals surface area contributed by atoms with Gasteiger partial charge in [0.1, 0.15) is 5.75 Å².